The topological polar surface area (TPSA) is 105 Å². The quantitative estimate of drug-likeness (QED) is 0.229. The van der Waals surface area contributed by atoms with Gasteiger partial charge in [0.15, 0.2) is 0 Å². The van der Waals surface area contributed by atoms with Crippen molar-refractivity contribution in [1.82, 2.24) is 16.1 Å². The summed E-state index contributed by atoms with van der Waals surface area (Å²) in [6, 6.07) is -0.553. The maximum absolute atomic E-state index is 11.1. The van der Waals surface area contributed by atoms with Crippen LogP contribution in [0.4, 0.5) is 9.59 Å². The minimum Gasteiger partial charge on any atom is -0.450 e. The van der Waals surface area contributed by atoms with Crippen LogP contribution < -0.4 is 21.9 Å². The second-order valence-electron chi connectivity index (χ2n) is 2.82. The lowest BCUT2D eigenvalue weighted by molar-refractivity contribution is 0.146. The van der Waals surface area contributed by atoms with E-state index < -0.39 is 18.3 Å². The zero-order valence-electron chi connectivity index (χ0n) is 9.41. The molecule has 0 aromatic carbocycles. The molecule has 0 aliphatic carbocycles. The van der Waals surface area contributed by atoms with Gasteiger partial charge >= 0.3 is 12.1 Å². The lowest BCUT2D eigenvalue weighted by Crippen LogP contribution is -2.52. The van der Waals surface area contributed by atoms with Crippen LogP contribution in [0.15, 0.2) is 0 Å². The molecule has 0 aromatic heterocycles. The summed E-state index contributed by atoms with van der Waals surface area (Å²) < 4.78 is 4.71. The SMILES string of the molecule is CCOC(=O)N[C@@H](CCSC)NC(=O)NN. The van der Waals surface area contributed by atoms with E-state index in [4.69, 9.17) is 10.6 Å². The van der Waals surface area contributed by atoms with Crippen LogP contribution >= 0.6 is 11.8 Å². The van der Waals surface area contributed by atoms with Gasteiger partial charge in [-0.1, -0.05) is 0 Å². The Labute approximate surface area is 98.8 Å². The average Bonchev–Trinajstić information content (AvgIpc) is 2.26. The van der Waals surface area contributed by atoms with E-state index in [1.54, 1.807) is 18.7 Å². The Morgan fingerprint density at radius 3 is 2.62 bits per heavy atom. The largest absolute Gasteiger partial charge is 0.450 e. The first-order chi connectivity index (χ1) is 7.63. The summed E-state index contributed by atoms with van der Waals surface area (Å²) in [5.41, 5.74) is 1.93. The molecule has 0 fully saturated rings. The molecule has 7 nitrogen and oxygen atoms in total. The van der Waals surface area contributed by atoms with E-state index in [1.165, 1.54) is 0 Å². The third-order valence-corrected chi connectivity index (χ3v) is 2.26. The third kappa shape index (κ3) is 7.18. The molecule has 0 aliphatic heterocycles. The predicted octanol–water partition coefficient (Wildman–Crippen LogP) is -0.0154. The maximum atomic E-state index is 11.1. The highest BCUT2D eigenvalue weighted by molar-refractivity contribution is 7.98. The number of hydrazine groups is 1. The molecule has 5 N–H and O–H groups in total. The van der Waals surface area contributed by atoms with E-state index in [0.717, 1.165) is 5.75 Å². The van der Waals surface area contributed by atoms with Crippen molar-refractivity contribution < 1.29 is 14.3 Å². The fraction of sp³-hybridized carbons (Fsp3) is 0.750. The van der Waals surface area contributed by atoms with Gasteiger partial charge in [-0.2, -0.15) is 11.8 Å². The number of nitrogens with one attached hydrogen (secondary N) is 3. The molecule has 0 saturated carbocycles. The summed E-state index contributed by atoms with van der Waals surface area (Å²) in [4.78, 5) is 22.1. The first-order valence-corrected chi connectivity index (χ1v) is 6.22. The molecule has 0 aromatic rings. The van der Waals surface area contributed by atoms with Gasteiger partial charge < -0.3 is 15.4 Å². The van der Waals surface area contributed by atoms with Crippen molar-refractivity contribution in [1.29, 1.82) is 0 Å². The molecule has 3 amide bonds. The summed E-state index contributed by atoms with van der Waals surface area (Å²) in [5, 5.41) is 5.01. The fourth-order valence-electron chi connectivity index (χ4n) is 0.931. The van der Waals surface area contributed by atoms with Crippen LogP contribution in [-0.4, -0.2) is 36.9 Å². The Kier molecular flexibility index (Phi) is 8.45. The highest BCUT2D eigenvalue weighted by atomic mass is 32.2. The third-order valence-electron chi connectivity index (χ3n) is 1.61. The van der Waals surface area contributed by atoms with Gasteiger partial charge in [-0.15, -0.1) is 0 Å². The number of amides is 3. The number of alkyl carbamates (subject to hydrolysis) is 1. The number of thioether (sulfide) groups is 1. The van der Waals surface area contributed by atoms with Crippen molar-refractivity contribution in [3.63, 3.8) is 0 Å². The number of hydrogen-bond donors (Lipinski definition) is 4. The zero-order valence-corrected chi connectivity index (χ0v) is 10.2. The van der Waals surface area contributed by atoms with Crippen molar-refractivity contribution >= 4 is 23.9 Å². The van der Waals surface area contributed by atoms with Crippen LogP contribution in [-0.2, 0) is 4.74 Å². The summed E-state index contributed by atoms with van der Waals surface area (Å²) in [6.45, 7) is 1.99. The Balaban J connectivity index is 4.08. The molecular formula is C8H18N4O3S. The number of ether oxygens (including phenoxy) is 1. The van der Waals surface area contributed by atoms with Crippen LogP contribution in [0, 0.1) is 0 Å². The van der Waals surface area contributed by atoms with Gasteiger partial charge in [0.2, 0.25) is 0 Å². The fourth-order valence-corrected chi connectivity index (χ4v) is 1.40. The van der Waals surface area contributed by atoms with Crippen LogP contribution in [0.25, 0.3) is 0 Å². The summed E-state index contributed by atoms with van der Waals surface area (Å²) >= 11 is 1.61. The molecule has 0 aliphatic rings. The van der Waals surface area contributed by atoms with E-state index >= 15 is 0 Å². The Bertz CT molecular complexity index is 227. The molecule has 8 heteroatoms. The highest BCUT2D eigenvalue weighted by Crippen LogP contribution is 1.99. The van der Waals surface area contributed by atoms with Gasteiger partial charge in [0.25, 0.3) is 0 Å². The van der Waals surface area contributed by atoms with Gasteiger partial charge in [-0.25, -0.2) is 15.4 Å². The van der Waals surface area contributed by atoms with Gasteiger partial charge in [0, 0.05) is 0 Å². The number of carbonyl (C=O) groups excluding carboxylic acids is 2. The molecule has 0 rings (SSSR count). The number of rotatable bonds is 6. The van der Waals surface area contributed by atoms with Crippen molar-refractivity contribution in [3.8, 4) is 0 Å². The van der Waals surface area contributed by atoms with Gasteiger partial charge in [-0.05, 0) is 25.4 Å². The second kappa shape index (κ2) is 9.10. The summed E-state index contributed by atoms with van der Waals surface area (Å²) in [6.07, 6.45) is 1.47. The van der Waals surface area contributed by atoms with E-state index in [0.29, 0.717) is 6.42 Å². The average molecular weight is 250 g/mol. The second-order valence-corrected chi connectivity index (χ2v) is 3.80. The van der Waals surface area contributed by atoms with Gasteiger partial charge in [0.05, 0.1) is 6.61 Å². The number of hydrogen-bond acceptors (Lipinski definition) is 5. The highest BCUT2D eigenvalue weighted by Gasteiger charge is 2.14. The van der Waals surface area contributed by atoms with E-state index in [2.05, 4.69) is 10.6 Å². The molecule has 1 atom stereocenters. The van der Waals surface area contributed by atoms with Crippen LogP contribution in [0.3, 0.4) is 0 Å². The molecule has 16 heavy (non-hydrogen) atoms. The van der Waals surface area contributed by atoms with Crippen molar-refractivity contribution in [2.24, 2.45) is 5.84 Å². The van der Waals surface area contributed by atoms with Gasteiger partial charge in [0.1, 0.15) is 6.17 Å². The Morgan fingerprint density at radius 2 is 2.12 bits per heavy atom. The van der Waals surface area contributed by atoms with Crippen LogP contribution in [0.5, 0.6) is 0 Å². The molecular weight excluding hydrogens is 232 g/mol. The molecule has 0 bridgehead atoms. The van der Waals surface area contributed by atoms with Crippen molar-refractivity contribution in [2.45, 2.75) is 19.5 Å². The molecule has 0 spiro atoms. The first kappa shape index (κ1) is 14.8. The molecule has 94 valence electrons. The van der Waals surface area contributed by atoms with E-state index in [1.807, 2.05) is 11.7 Å². The predicted molar refractivity (Wildman–Crippen MR) is 62.8 cm³/mol. The molecule has 0 heterocycles. The van der Waals surface area contributed by atoms with Crippen LogP contribution in [0.2, 0.25) is 0 Å². The molecule has 0 radical (unpaired) electrons. The van der Waals surface area contributed by atoms with Crippen molar-refractivity contribution in [3.05, 3.63) is 0 Å². The molecule has 0 unspecified atom stereocenters. The maximum Gasteiger partial charge on any atom is 0.408 e. The van der Waals surface area contributed by atoms with Crippen LogP contribution in [0.1, 0.15) is 13.3 Å². The Hall–Kier alpha value is -1.15. The normalized spacial score (nSPS) is 11.4. The van der Waals surface area contributed by atoms with Crippen molar-refractivity contribution in [2.75, 3.05) is 18.6 Å². The van der Waals surface area contributed by atoms with E-state index in [9.17, 15) is 9.59 Å². The minimum atomic E-state index is -0.564. The summed E-state index contributed by atoms with van der Waals surface area (Å²) in [7, 11) is 0. The Morgan fingerprint density at radius 1 is 1.44 bits per heavy atom. The standard InChI is InChI=1S/C8H18N4O3S/c1-3-15-8(14)11-6(4-5-16-2)10-7(13)12-9/h6H,3-5,9H2,1-2H3,(H,11,14)(H2,10,12,13)/t6-/m0/s1. The zero-order chi connectivity index (χ0) is 12.4. The smallest absolute Gasteiger partial charge is 0.408 e. The first-order valence-electron chi connectivity index (χ1n) is 4.83. The summed E-state index contributed by atoms with van der Waals surface area (Å²) in [5.74, 6) is 5.72. The molecule has 0 saturated heterocycles. The van der Waals surface area contributed by atoms with E-state index in [-0.39, 0.29) is 6.61 Å². The number of urea groups is 1. The number of carbonyl (C=O) groups is 2. The minimum absolute atomic E-state index is 0.282. The monoisotopic (exact) mass is 250 g/mol. The lowest BCUT2D eigenvalue weighted by Gasteiger charge is -2.19. The number of nitrogens with two attached hydrogens (primary N) is 1. The lowest BCUT2D eigenvalue weighted by atomic mass is 10.4. The van der Waals surface area contributed by atoms with Gasteiger partial charge in [-0.3, -0.25) is 5.43 Å².